The lowest BCUT2D eigenvalue weighted by atomic mass is 10.1. The van der Waals surface area contributed by atoms with Gasteiger partial charge in [-0.3, -0.25) is 0 Å². The molecular weight excluding hydrogens is 260 g/mol. The van der Waals surface area contributed by atoms with Gasteiger partial charge < -0.3 is 4.74 Å². The molecule has 0 N–H and O–H groups in total. The van der Waals surface area contributed by atoms with Crippen LogP contribution in [0.25, 0.3) is 0 Å². The van der Waals surface area contributed by atoms with E-state index in [1.807, 2.05) is 0 Å². The molecule has 1 rings (SSSR count). The standard InChI is InChI=1S/C14H18F4O/c1-3-4-5-6-7-19-8-10-13(17)11(15)9(2)12(16)14(10)18/h3-8H2,1-2H3. The zero-order chi connectivity index (χ0) is 14.4. The SMILES string of the molecule is CCCCCCOCc1c(F)c(F)c(C)c(F)c1F. The summed E-state index contributed by atoms with van der Waals surface area (Å²) in [5, 5.41) is 0. The third kappa shape index (κ3) is 3.93. The van der Waals surface area contributed by atoms with E-state index in [1.165, 1.54) is 0 Å². The Morgan fingerprint density at radius 2 is 1.42 bits per heavy atom. The number of unbranched alkanes of at least 4 members (excludes halogenated alkanes) is 3. The molecule has 0 heterocycles. The molecule has 0 radical (unpaired) electrons. The van der Waals surface area contributed by atoms with Gasteiger partial charge in [0.2, 0.25) is 0 Å². The van der Waals surface area contributed by atoms with Crippen LogP contribution < -0.4 is 0 Å². The normalized spacial score (nSPS) is 11.1. The highest BCUT2D eigenvalue weighted by molar-refractivity contribution is 5.28. The molecule has 1 nitrogen and oxygen atoms in total. The fourth-order valence-corrected chi connectivity index (χ4v) is 1.72. The maximum absolute atomic E-state index is 13.5. The van der Waals surface area contributed by atoms with Crippen LogP contribution in [0, 0.1) is 30.2 Å². The van der Waals surface area contributed by atoms with Gasteiger partial charge >= 0.3 is 0 Å². The lowest BCUT2D eigenvalue weighted by Gasteiger charge is -2.10. The second kappa shape index (κ2) is 7.48. The van der Waals surface area contributed by atoms with Gasteiger partial charge in [-0.15, -0.1) is 0 Å². The van der Waals surface area contributed by atoms with E-state index < -0.39 is 41.0 Å². The Bertz CT molecular complexity index is 403. The monoisotopic (exact) mass is 278 g/mol. The molecule has 0 saturated heterocycles. The Hall–Kier alpha value is -1.10. The minimum absolute atomic E-state index is 0.315. The summed E-state index contributed by atoms with van der Waals surface area (Å²) < 4.78 is 58.5. The van der Waals surface area contributed by atoms with Crippen LogP contribution in [0.3, 0.4) is 0 Å². The Labute approximate surface area is 110 Å². The largest absolute Gasteiger partial charge is 0.377 e. The maximum Gasteiger partial charge on any atom is 0.167 e. The highest BCUT2D eigenvalue weighted by Gasteiger charge is 2.22. The molecule has 0 bridgehead atoms. The molecule has 0 amide bonds. The Kier molecular flexibility index (Phi) is 6.28. The Morgan fingerprint density at radius 1 is 0.842 bits per heavy atom. The summed E-state index contributed by atoms with van der Waals surface area (Å²) in [5.41, 5.74) is -1.34. The number of halogens is 4. The summed E-state index contributed by atoms with van der Waals surface area (Å²) in [7, 11) is 0. The van der Waals surface area contributed by atoms with E-state index in [0.717, 1.165) is 32.6 Å². The van der Waals surface area contributed by atoms with Crippen molar-refractivity contribution in [2.75, 3.05) is 6.61 Å². The molecule has 19 heavy (non-hydrogen) atoms. The molecule has 0 aliphatic rings. The third-order valence-electron chi connectivity index (χ3n) is 2.96. The van der Waals surface area contributed by atoms with Crippen LogP contribution in [0.15, 0.2) is 0 Å². The minimum Gasteiger partial charge on any atom is -0.377 e. The first kappa shape index (κ1) is 16.0. The van der Waals surface area contributed by atoms with Crippen LogP contribution in [0.5, 0.6) is 0 Å². The molecule has 1 aromatic carbocycles. The zero-order valence-electron chi connectivity index (χ0n) is 11.2. The predicted octanol–water partition coefficient (Wildman–Crippen LogP) is 4.65. The average molecular weight is 278 g/mol. The maximum atomic E-state index is 13.5. The summed E-state index contributed by atoms with van der Waals surface area (Å²) in [4.78, 5) is 0. The van der Waals surface area contributed by atoms with Crippen molar-refractivity contribution in [1.82, 2.24) is 0 Å². The number of benzene rings is 1. The molecule has 0 saturated carbocycles. The lowest BCUT2D eigenvalue weighted by Crippen LogP contribution is -2.08. The molecule has 0 aliphatic heterocycles. The molecule has 0 unspecified atom stereocenters. The summed E-state index contributed by atoms with van der Waals surface area (Å²) in [6, 6.07) is 0. The van der Waals surface area contributed by atoms with Gasteiger partial charge in [-0.25, -0.2) is 17.6 Å². The molecule has 0 aromatic heterocycles. The van der Waals surface area contributed by atoms with Crippen molar-refractivity contribution in [3.63, 3.8) is 0 Å². The van der Waals surface area contributed by atoms with Crippen molar-refractivity contribution < 1.29 is 22.3 Å². The predicted molar refractivity (Wildman–Crippen MR) is 64.8 cm³/mol. The highest BCUT2D eigenvalue weighted by atomic mass is 19.2. The van der Waals surface area contributed by atoms with Gasteiger partial charge in [0, 0.05) is 12.2 Å². The van der Waals surface area contributed by atoms with E-state index in [1.54, 1.807) is 0 Å². The molecule has 0 spiro atoms. The van der Waals surface area contributed by atoms with Gasteiger partial charge in [-0.1, -0.05) is 26.2 Å². The summed E-state index contributed by atoms with van der Waals surface area (Å²) in [6.07, 6.45) is 3.84. The minimum atomic E-state index is -1.37. The van der Waals surface area contributed by atoms with E-state index in [0.29, 0.717) is 6.61 Å². The molecule has 1 aromatic rings. The zero-order valence-corrected chi connectivity index (χ0v) is 11.2. The van der Waals surface area contributed by atoms with Crippen molar-refractivity contribution in [3.8, 4) is 0 Å². The number of hydrogen-bond acceptors (Lipinski definition) is 1. The first-order chi connectivity index (χ1) is 9.00. The van der Waals surface area contributed by atoms with E-state index in [9.17, 15) is 17.6 Å². The quantitative estimate of drug-likeness (QED) is 0.401. The van der Waals surface area contributed by atoms with Crippen molar-refractivity contribution >= 4 is 0 Å². The van der Waals surface area contributed by atoms with Crippen molar-refractivity contribution in [2.24, 2.45) is 0 Å². The van der Waals surface area contributed by atoms with E-state index >= 15 is 0 Å². The van der Waals surface area contributed by atoms with Gasteiger partial charge in [0.1, 0.15) is 0 Å². The van der Waals surface area contributed by atoms with Crippen LogP contribution in [0.4, 0.5) is 17.6 Å². The fraction of sp³-hybridized carbons (Fsp3) is 0.571. The molecule has 0 fully saturated rings. The van der Waals surface area contributed by atoms with Gasteiger partial charge in [-0.05, 0) is 13.3 Å². The first-order valence-electron chi connectivity index (χ1n) is 6.39. The van der Waals surface area contributed by atoms with E-state index in [2.05, 4.69) is 6.92 Å². The number of hydrogen-bond donors (Lipinski definition) is 0. The van der Waals surface area contributed by atoms with Crippen LogP contribution in [0.2, 0.25) is 0 Å². The molecule has 0 aliphatic carbocycles. The van der Waals surface area contributed by atoms with Crippen molar-refractivity contribution in [3.05, 3.63) is 34.4 Å². The van der Waals surface area contributed by atoms with Gasteiger partial charge in [0.05, 0.1) is 12.2 Å². The highest BCUT2D eigenvalue weighted by Crippen LogP contribution is 2.24. The first-order valence-corrected chi connectivity index (χ1v) is 6.39. The molecule has 0 atom stereocenters. The van der Waals surface area contributed by atoms with Crippen LogP contribution in [-0.2, 0) is 11.3 Å². The Balaban J connectivity index is 2.64. The van der Waals surface area contributed by atoms with Crippen LogP contribution >= 0.6 is 0 Å². The second-order valence-electron chi connectivity index (χ2n) is 4.47. The summed E-state index contributed by atoms with van der Waals surface area (Å²) in [5.74, 6) is -5.46. The molecule has 108 valence electrons. The topological polar surface area (TPSA) is 9.23 Å². The summed E-state index contributed by atoms with van der Waals surface area (Å²) in [6.45, 7) is 2.91. The van der Waals surface area contributed by atoms with Crippen LogP contribution in [0.1, 0.15) is 43.7 Å². The van der Waals surface area contributed by atoms with Crippen LogP contribution in [-0.4, -0.2) is 6.61 Å². The van der Waals surface area contributed by atoms with Gasteiger partial charge in [-0.2, -0.15) is 0 Å². The Morgan fingerprint density at radius 3 is 1.95 bits per heavy atom. The average Bonchev–Trinajstić information content (AvgIpc) is 2.41. The smallest absolute Gasteiger partial charge is 0.167 e. The fourth-order valence-electron chi connectivity index (χ4n) is 1.72. The van der Waals surface area contributed by atoms with Gasteiger partial charge in [0.25, 0.3) is 0 Å². The van der Waals surface area contributed by atoms with E-state index in [4.69, 9.17) is 4.74 Å². The number of rotatable bonds is 7. The molecule has 5 heteroatoms. The van der Waals surface area contributed by atoms with Crippen molar-refractivity contribution in [2.45, 2.75) is 46.1 Å². The lowest BCUT2D eigenvalue weighted by molar-refractivity contribution is 0.110. The third-order valence-corrected chi connectivity index (χ3v) is 2.96. The van der Waals surface area contributed by atoms with Crippen molar-refractivity contribution in [1.29, 1.82) is 0 Å². The molecular formula is C14H18F4O. The summed E-state index contributed by atoms with van der Waals surface area (Å²) >= 11 is 0. The van der Waals surface area contributed by atoms with Gasteiger partial charge in [0.15, 0.2) is 23.3 Å². The number of ether oxygens (including phenoxy) is 1. The van der Waals surface area contributed by atoms with E-state index in [-0.39, 0.29) is 0 Å². The second-order valence-corrected chi connectivity index (χ2v) is 4.47.